The second kappa shape index (κ2) is 16.7. The van der Waals surface area contributed by atoms with Gasteiger partial charge in [0.1, 0.15) is 0 Å². The number of aryl methyl sites for hydroxylation is 2. The van der Waals surface area contributed by atoms with E-state index in [9.17, 15) is 0 Å². The van der Waals surface area contributed by atoms with Gasteiger partial charge in [-0.3, -0.25) is 0 Å². The molecule has 1 heterocycles. The van der Waals surface area contributed by atoms with Crippen LogP contribution in [-0.4, -0.2) is 10.7 Å². The number of thioether (sulfide) groups is 1. The van der Waals surface area contributed by atoms with Crippen molar-refractivity contribution in [3.8, 4) is 11.1 Å². The Morgan fingerprint density at radius 3 is 2.13 bits per heavy atom. The van der Waals surface area contributed by atoms with Gasteiger partial charge in [-0.1, -0.05) is 118 Å². The largest absolute Gasteiger partial charge is 1.00 e. The number of benzene rings is 4. The van der Waals surface area contributed by atoms with Crippen molar-refractivity contribution in [3.63, 3.8) is 0 Å². The zero-order chi connectivity index (χ0) is 30.7. The van der Waals surface area contributed by atoms with Crippen LogP contribution in [0.3, 0.4) is 0 Å². The van der Waals surface area contributed by atoms with Crippen molar-refractivity contribution in [3.05, 3.63) is 142 Å². The van der Waals surface area contributed by atoms with Gasteiger partial charge in [0.15, 0.2) is 0 Å². The standard InChI is InChI=1S/C21H17.C17H17S.C2H6Si.2ClH.Zr/c1-14-12-20-15(2)10-11-19(21(20)13-14)18-9-5-7-16-6-3-4-8-17(16)18;1-11(2)14-9-15-16(10-14)18-12(3)17(15)13-7-5-4-6-8-13;1-3-2;;;/h3-13H,1-2H3;4-9,11-12H,1-3H3;1-2H3;2*1H;/q2*-1;;;;+2/p-2. The summed E-state index contributed by atoms with van der Waals surface area (Å²) >= 11 is 3.68. The normalized spacial score (nSPS) is 14.8. The molecular weight excluding hydrogens is 703 g/mol. The van der Waals surface area contributed by atoms with Crippen LogP contribution in [0.5, 0.6) is 0 Å². The molecule has 0 fully saturated rings. The molecule has 2 aliphatic rings. The van der Waals surface area contributed by atoms with Gasteiger partial charge in [-0.25, -0.2) is 6.08 Å². The summed E-state index contributed by atoms with van der Waals surface area (Å²) in [6, 6.07) is 35.0. The summed E-state index contributed by atoms with van der Waals surface area (Å²) in [6.07, 6.45) is 5.90. The molecule has 0 bridgehead atoms. The molecule has 0 saturated heterocycles. The summed E-state index contributed by atoms with van der Waals surface area (Å²) in [5, 5.41) is 5.90. The number of fused-ring (bicyclic) bond motifs is 3. The van der Waals surface area contributed by atoms with Gasteiger partial charge in [0.05, 0.1) is 0 Å². The van der Waals surface area contributed by atoms with Gasteiger partial charge in [0.25, 0.3) is 0 Å². The van der Waals surface area contributed by atoms with Crippen LogP contribution in [0.1, 0.15) is 37.5 Å². The molecule has 5 aromatic carbocycles. The molecule has 230 valence electrons. The topological polar surface area (TPSA) is 0 Å². The number of hydrogen-bond donors (Lipinski definition) is 0. The van der Waals surface area contributed by atoms with E-state index in [4.69, 9.17) is 0 Å². The number of hydrogen-bond acceptors (Lipinski definition) is 1. The monoisotopic (exact) mass is 740 g/mol. The summed E-state index contributed by atoms with van der Waals surface area (Å²) in [5.41, 5.74) is 11.1. The van der Waals surface area contributed by atoms with Crippen LogP contribution < -0.4 is 24.8 Å². The van der Waals surface area contributed by atoms with E-state index >= 15 is 0 Å². The van der Waals surface area contributed by atoms with Crippen molar-refractivity contribution in [2.24, 2.45) is 5.92 Å². The van der Waals surface area contributed by atoms with Gasteiger partial charge in [-0.05, 0) is 34.7 Å². The first-order valence-corrected chi connectivity index (χ1v) is 22.2. The first kappa shape index (κ1) is 37.5. The van der Waals surface area contributed by atoms with Crippen LogP contribution in [-0.2, 0) is 23.3 Å². The molecule has 0 nitrogen and oxygen atoms in total. The van der Waals surface area contributed by atoms with Crippen molar-refractivity contribution < 1.29 is 48.1 Å². The quantitative estimate of drug-likeness (QED) is 0.170. The molecule has 0 radical (unpaired) electrons. The average Bonchev–Trinajstić information content (AvgIpc) is 3.66. The molecule has 7 rings (SSSR count). The van der Waals surface area contributed by atoms with Crippen molar-refractivity contribution >= 4 is 44.3 Å². The third-order valence-corrected chi connectivity index (χ3v) is 8.98. The van der Waals surface area contributed by atoms with Gasteiger partial charge < -0.3 is 24.8 Å². The van der Waals surface area contributed by atoms with Crippen molar-refractivity contribution in [1.29, 1.82) is 0 Å². The molecule has 0 N–H and O–H groups in total. The maximum Gasteiger partial charge on any atom is -0.0114 e. The SMILES string of the molecule is CC(C)C1=CC2=C(c3ccccc3)C(C)SC2=[C-]1.C[Si](C)=[Zr+2].Cc1cc2c(-c3cccc4ccccc34)ccc(C)c2[cH-]1.[Cl-].[Cl-]. The molecule has 0 aromatic heterocycles. The third kappa shape index (κ3) is 8.68. The van der Waals surface area contributed by atoms with Crippen molar-refractivity contribution in [2.75, 3.05) is 0 Å². The number of rotatable bonds is 3. The van der Waals surface area contributed by atoms with Crippen LogP contribution in [0.15, 0.2) is 119 Å². The van der Waals surface area contributed by atoms with Gasteiger partial charge in [0, 0.05) is 5.25 Å². The summed E-state index contributed by atoms with van der Waals surface area (Å²) in [6.45, 7) is 15.7. The van der Waals surface area contributed by atoms with E-state index in [1.807, 2.05) is 11.8 Å². The molecule has 1 unspecified atom stereocenters. The molecule has 5 heteroatoms. The Bertz CT molecular complexity index is 1890. The Labute approximate surface area is 302 Å². The molecule has 45 heavy (non-hydrogen) atoms. The summed E-state index contributed by atoms with van der Waals surface area (Å²) < 4.78 is 0. The molecule has 5 aromatic rings. The van der Waals surface area contributed by atoms with E-state index in [0.29, 0.717) is 11.2 Å². The van der Waals surface area contributed by atoms with Crippen LogP contribution in [0.4, 0.5) is 0 Å². The summed E-state index contributed by atoms with van der Waals surface area (Å²) in [5.74, 6) is 0.559. The second-order valence-corrected chi connectivity index (χ2v) is 22.7. The van der Waals surface area contributed by atoms with E-state index in [2.05, 4.69) is 157 Å². The molecule has 0 saturated carbocycles. The fraction of sp³-hybridized carbons (Fsp3) is 0.225. The third-order valence-electron chi connectivity index (χ3n) is 7.83. The van der Waals surface area contributed by atoms with Crippen LogP contribution in [0.2, 0.25) is 13.1 Å². The zero-order valence-corrected chi connectivity index (χ0v) is 32.9. The predicted octanol–water partition coefficient (Wildman–Crippen LogP) is 5.65. The molecule has 0 amide bonds. The van der Waals surface area contributed by atoms with E-state index in [0.717, 1.165) is 0 Å². The Morgan fingerprint density at radius 1 is 0.822 bits per heavy atom. The van der Waals surface area contributed by atoms with Crippen LogP contribution in [0, 0.1) is 25.8 Å². The summed E-state index contributed by atoms with van der Waals surface area (Å²) in [7, 11) is 0. The summed E-state index contributed by atoms with van der Waals surface area (Å²) in [4.78, 5) is 1.34. The average molecular weight is 743 g/mol. The van der Waals surface area contributed by atoms with Crippen molar-refractivity contribution in [2.45, 2.75) is 53.0 Å². The second-order valence-electron chi connectivity index (χ2n) is 12.0. The number of allylic oxidation sites excluding steroid dienone is 4. The Hall–Kier alpha value is -2.00. The van der Waals surface area contributed by atoms with E-state index in [-0.39, 0.29) is 30.2 Å². The van der Waals surface area contributed by atoms with E-state index < -0.39 is 0 Å². The van der Waals surface area contributed by atoms with Gasteiger partial charge >= 0.3 is 41.9 Å². The predicted molar refractivity (Wildman–Crippen MR) is 190 cm³/mol. The molecule has 1 atom stereocenters. The Kier molecular flexibility index (Phi) is 13.9. The minimum Gasteiger partial charge on any atom is -1.00 e. The Morgan fingerprint density at radius 2 is 1.44 bits per heavy atom. The molecule has 1 aliphatic heterocycles. The van der Waals surface area contributed by atoms with Crippen LogP contribution in [0.25, 0.3) is 38.2 Å². The smallest absolute Gasteiger partial charge is 0.0114 e. The van der Waals surface area contributed by atoms with Gasteiger partial charge in [-0.15, -0.1) is 50.7 Å². The first-order valence-electron chi connectivity index (χ1n) is 15.1. The first-order chi connectivity index (χ1) is 20.6. The van der Waals surface area contributed by atoms with Crippen LogP contribution >= 0.6 is 11.8 Å². The van der Waals surface area contributed by atoms with E-state index in [1.165, 1.54) is 71.0 Å². The van der Waals surface area contributed by atoms with E-state index in [1.54, 1.807) is 23.3 Å². The fourth-order valence-corrected chi connectivity index (χ4v) is 7.01. The Balaban J connectivity index is 0.000000213. The zero-order valence-electron chi connectivity index (χ0n) is 27.1. The maximum absolute atomic E-state index is 3.57. The molecule has 0 spiro atoms. The van der Waals surface area contributed by atoms with Crippen molar-refractivity contribution in [1.82, 2.24) is 0 Å². The minimum absolute atomic E-state index is 0. The molecule has 1 aliphatic carbocycles. The minimum atomic E-state index is 0. The molecular formula is C40H40Cl2SSiZr-2. The van der Waals surface area contributed by atoms with Gasteiger partial charge in [0.2, 0.25) is 0 Å². The van der Waals surface area contributed by atoms with Gasteiger partial charge in [-0.2, -0.15) is 23.3 Å². The maximum atomic E-state index is 3.57. The number of halogens is 2. The fourth-order valence-electron chi connectivity index (χ4n) is 5.81.